The minimum absolute atomic E-state index is 0.0475. The lowest BCUT2D eigenvalue weighted by Crippen LogP contribution is -2.20. The fourth-order valence-corrected chi connectivity index (χ4v) is 2.40. The third kappa shape index (κ3) is 4.24. The van der Waals surface area contributed by atoms with Gasteiger partial charge >= 0.3 is 0 Å². The van der Waals surface area contributed by atoms with Crippen LogP contribution in [-0.2, 0) is 11.3 Å². The molecule has 0 radical (unpaired) electrons. The SMILES string of the molecule is O=C(Cn1nnc(-c2ccc([N+](=O)[O-])cc2)n1)Nc1ccc(Cl)c([N+](=O)[O-])c1. The number of anilines is 1. The van der Waals surface area contributed by atoms with Gasteiger partial charge in [-0.3, -0.25) is 25.0 Å². The standard InChI is InChI=1S/C15H10ClN7O5/c16-12-6-3-10(7-13(12)23(27)28)17-14(24)8-21-19-15(18-20-21)9-1-4-11(5-2-9)22(25)26/h1-7H,8H2,(H,17,24). The van der Waals surface area contributed by atoms with Crippen LogP contribution in [-0.4, -0.2) is 36.0 Å². The summed E-state index contributed by atoms with van der Waals surface area (Å²) >= 11 is 5.72. The van der Waals surface area contributed by atoms with Gasteiger partial charge in [0.25, 0.3) is 11.4 Å². The summed E-state index contributed by atoms with van der Waals surface area (Å²) in [6.07, 6.45) is 0. The lowest BCUT2D eigenvalue weighted by atomic mass is 10.2. The first kappa shape index (κ1) is 18.8. The minimum Gasteiger partial charge on any atom is -0.324 e. The molecule has 3 rings (SSSR count). The van der Waals surface area contributed by atoms with Crippen molar-refractivity contribution < 1.29 is 14.6 Å². The molecule has 1 N–H and O–H groups in total. The minimum atomic E-state index is -0.659. The maximum absolute atomic E-state index is 12.1. The normalized spacial score (nSPS) is 10.5. The van der Waals surface area contributed by atoms with Crippen molar-refractivity contribution in [3.8, 4) is 11.4 Å². The molecular weight excluding hydrogens is 394 g/mol. The van der Waals surface area contributed by atoms with E-state index in [9.17, 15) is 25.0 Å². The van der Waals surface area contributed by atoms with Crippen molar-refractivity contribution in [2.24, 2.45) is 0 Å². The highest BCUT2D eigenvalue weighted by Crippen LogP contribution is 2.27. The van der Waals surface area contributed by atoms with E-state index in [4.69, 9.17) is 11.6 Å². The number of aromatic nitrogens is 4. The number of non-ortho nitro benzene ring substituents is 1. The molecule has 0 bridgehead atoms. The van der Waals surface area contributed by atoms with E-state index in [0.717, 1.165) is 10.9 Å². The van der Waals surface area contributed by atoms with Crippen LogP contribution < -0.4 is 5.32 Å². The Hall–Kier alpha value is -3.93. The summed E-state index contributed by atoms with van der Waals surface area (Å²) in [4.78, 5) is 33.5. The van der Waals surface area contributed by atoms with Gasteiger partial charge in [0.2, 0.25) is 11.7 Å². The van der Waals surface area contributed by atoms with Gasteiger partial charge < -0.3 is 5.32 Å². The van der Waals surface area contributed by atoms with Gasteiger partial charge in [-0.05, 0) is 29.5 Å². The molecule has 0 fully saturated rings. The number of halogens is 1. The Balaban J connectivity index is 1.68. The van der Waals surface area contributed by atoms with Crippen LogP contribution in [0.1, 0.15) is 0 Å². The third-order valence-corrected chi connectivity index (χ3v) is 3.82. The second kappa shape index (κ2) is 7.75. The summed E-state index contributed by atoms with van der Waals surface area (Å²) in [5.41, 5.74) is 0.272. The predicted octanol–water partition coefficient (Wildman–Crippen LogP) is 2.45. The third-order valence-electron chi connectivity index (χ3n) is 3.50. The Morgan fingerprint density at radius 2 is 1.82 bits per heavy atom. The maximum Gasteiger partial charge on any atom is 0.289 e. The zero-order chi connectivity index (χ0) is 20.3. The van der Waals surface area contributed by atoms with E-state index in [1.165, 1.54) is 36.4 Å². The molecule has 0 saturated heterocycles. The highest BCUT2D eigenvalue weighted by atomic mass is 35.5. The van der Waals surface area contributed by atoms with Gasteiger partial charge in [-0.25, -0.2) is 0 Å². The second-order valence-corrected chi connectivity index (χ2v) is 5.83. The fraction of sp³-hybridized carbons (Fsp3) is 0.0667. The van der Waals surface area contributed by atoms with Crippen LogP contribution in [0.15, 0.2) is 42.5 Å². The van der Waals surface area contributed by atoms with E-state index in [0.29, 0.717) is 5.56 Å². The molecular formula is C15H10ClN7O5. The van der Waals surface area contributed by atoms with E-state index >= 15 is 0 Å². The zero-order valence-corrected chi connectivity index (χ0v) is 14.6. The number of carbonyl (C=O) groups excluding carboxylic acids is 1. The van der Waals surface area contributed by atoms with E-state index in [1.807, 2.05) is 0 Å². The Morgan fingerprint density at radius 3 is 2.46 bits per heavy atom. The maximum atomic E-state index is 12.1. The molecule has 13 heteroatoms. The van der Waals surface area contributed by atoms with Crippen molar-refractivity contribution in [3.63, 3.8) is 0 Å². The summed E-state index contributed by atoms with van der Waals surface area (Å²) in [6, 6.07) is 9.39. The van der Waals surface area contributed by atoms with E-state index in [2.05, 4.69) is 20.7 Å². The second-order valence-electron chi connectivity index (χ2n) is 5.42. The molecule has 0 atom stereocenters. The fourth-order valence-electron chi connectivity index (χ4n) is 2.22. The van der Waals surface area contributed by atoms with Crippen LogP contribution in [0.5, 0.6) is 0 Å². The average molecular weight is 404 g/mol. The number of tetrazole rings is 1. The molecule has 1 amide bonds. The first-order chi connectivity index (χ1) is 13.3. The van der Waals surface area contributed by atoms with Crippen LogP contribution in [0.4, 0.5) is 17.1 Å². The molecule has 28 heavy (non-hydrogen) atoms. The molecule has 3 aromatic rings. The molecule has 0 saturated carbocycles. The van der Waals surface area contributed by atoms with Crippen molar-refractivity contribution in [3.05, 3.63) is 67.7 Å². The molecule has 2 aromatic carbocycles. The van der Waals surface area contributed by atoms with Crippen molar-refractivity contribution in [1.82, 2.24) is 20.2 Å². The number of nitrogens with zero attached hydrogens (tertiary/aromatic N) is 6. The van der Waals surface area contributed by atoms with Gasteiger partial charge in [-0.1, -0.05) is 11.6 Å². The number of hydrogen-bond donors (Lipinski definition) is 1. The van der Waals surface area contributed by atoms with Crippen LogP contribution >= 0.6 is 11.6 Å². The Bertz CT molecular complexity index is 1070. The molecule has 0 aliphatic rings. The van der Waals surface area contributed by atoms with Crippen molar-refractivity contribution in [1.29, 1.82) is 0 Å². The number of nitro groups is 2. The van der Waals surface area contributed by atoms with Crippen LogP contribution in [0.2, 0.25) is 5.02 Å². The van der Waals surface area contributed by atoms with Crippen LogP contribution in [0.25, 0.3) is 11.4 Å². The monoisotopic (exact) mass is 403 g/mol. The zero-order valence-electron chi connectivity index (χ0n) is 13.9. The molecule has 0 unspecified atom stereocenters. The van der Waals surface area contributed by atoms with Crippen LogP contribution in [0.3, 0.4) is 0 Å². The number of nitrogens with one attached hydrogen (secondary N) is 1. The van der Waals surface area contributed by atoms with Gasteiger partial charge in [0.05, 0.1) is 9.85 Å². The van der Waals surface area contributed by atoms with Gasteiger partial charge in [0.15, 0.2) is 0 Å². The summed E-state index contributed by atoms with van der Waals surface area (Å²) in [5.74, 6) is -0.353. The summed E-state index contributed by atoms with van der Waals surface area (Å²) in [6.45, 7) is -0.295. The number of amides is 1. The summed E-state index contributed by atoms with van der Waals surface area (Å²) in [7, 11) is 0. The first-order valence-electron chi connectivity index (χ1n) is 7.60. The lowest BCUT2D eigenvalue weighted by molar-refractivity contribution is -0.384. The first-order valence-corrected chi connectivity index (χ1v) is 7.97. The smallest absolute Gasteiger partial charge is 0.289 e. The molecule has 1 aromatic heterocycles. The number of hydrogen-bond acceptors (Lipinski definition) is 8. The number of benzene rings is 2. The van der Waals surface area contributed by atoms with Crippen LogP contribution in [0, 0.1) is 20.2 Å². The van der Waals surface area contributed by atoms with E-state index in [-0.39, 0.29) is 34.5 Å². The summed E-state index contributed by atoms with van der Waals surface area (Å²) < 4.78 is 0. The quantitative estimate of drug-likeness (QED) is 0.485. The summed E-state index contributed by atoms with van der Waals surface area (Å²) in [5, 5.41) is 35.6. The molecule has 0 spiro atoms. The number of carbonyl (C=O) groups is 1. The number of nitro benzene ring substituents is 2. The Labute approximate surface area is 161 Å². The Kier molecular flexibility index (Phi) is 5.22. The lowest BCUT2D eigenvalue weighted by Gasteiger charge is -2.05. The van der Waals surface area contributed by atoms with E-state index < -0.39 is 15.8 Å². The largest absolute Gasteiger partial charge is 0.324 e. The predicted molar refractivity (Wildman–Crippen MR) is 96.6 cm³/mol. The highest BCUT2D eigenvalue weighted by molar-refractivity contribution is 6.32. The molecule has 0 aliphatic heterocycles. The molecule has 0 aliphatic carbocycles. The number of rotatable bonds is 6. The van der Waals surface area contributed by atoms with Gasteiger partial charge in [-0.2, -0.15) is 4.80 Å². The van der Waals surface area contributed by atoms with Gasteiger partial charge in [-0.15, -0.1) is 10.2 Å². The van der Waals surface area contributed by atoms with Crippen molar-refractivity contribution in [2.45, 2.75) is 6.54 Å². The average Bonchev–Trinajstić information content (AvgIpc) is 3.11. The molecule has 1 heterocycles. The Morgan fingerprint density at radius 1 is 1.11 bits per heavy atom. The molecule has 142 valence electrons. The van der Waals surface area contributed by atoms with Crippen molar-refractivity contribution >= 4 is 34.6 Å². The van der Waals surface area contributed by atoms with Crippen molar-refractivity contribution in [2.75, 3.05) is 5.32 Å². The molecule has 12 nitrogen and oxygen atoms in total. The topological polar surface area (TPSA) is 159 Å². The highest BCUT2D eigenvalue weighted by Gasteiger charge is 2.15. The van der Waals surface area contributed by atoms with Gasteiger partial charge in [0.1, 0.15) is 11.6 Å². The van der Waals surface area contributed by atoms with Gasteiger partial charge in [0, 0.05) is 29.4 Å². The van der Waals surface area contributed by atoms with E-state index in [1.54, 1.807) is 0 Å².